The minimum Gasteiger partial charge on any atom is -0.469 e. The molecule has 0 bridgehead atoms. The predicted molar refractivity (Wildman–Crippen MR) is 59.4 cm³/mol. The summed E-state index contributed by atoms with van der Waals surface area (Å²) in [6, 6.07) is 0. The number of aromatic nitrogens is 2. The van der Waals surface area contributed by atoms with Crippen molar-refractivity contribution in [1.82, 2.24) is 9.78 Å². The second-order valence-corrected chi connectivity index (χ2v) is 3.52. The highest BCUT2D eigenvalue weighted by molar-refractivity contribution is 5.77. The van der Waals surface area contributed by atoms with Gasteiger partial charge in [-0.3, -0.25) is 10.2 Å². The molecule has 0 fully saturated rings. The first-order valence-electron chi connectivity index (χ1n) is 4.93. The lowest BCUT2D eigenvalue weighted by Gasteiger charge is -2.02. The fourth-order valence-electron chi connectivity index (χ4n) is 1.60. The number of hydrogen-bond acceptors (Lipinski definition) is 4. The largest absolute Gasteiger partial charge is 0.469 e. The maximum atomic E-state index is 11.0. The fraction of sp³-hybridized carbons (Fsp3) is 0.500. The summed E-state index contributed by atoms with van der Waals surface area (Å²) in [5, 5.41) is 11.5. The average molecular weight is 224 g/mol. The number of nitrogens with one attached hydrogen (secondary N) is 1. The van der Waals surface area contributed by atoms with Gasteiger partial charge < -0.3 is 10.5 Å². The summed E-state index contributed by atoms with van der Waals surface area (Å²) in [7, 11) is 1.36. The van der Waals surface area contributed by atoms with E-state index in [0.29, 0.717) is 12.8 Å². The number of nitrogens with zero attached hydrogens (tertiary/aromatic N) is 2. The Hall–Kier alpha value is -1.85. The zero-order valence-corrected chi connectivity index (χ0v) is 9.70. The van der Waals surface area contributed by atoms with Crippen LogP contribution in [0.5, 0.6) is 0 Å². The molecule has 1 aromatic rings. The predicted octanol–water partition coefficient (Wildman–Crippen LogP) is 0.347. The number of carbonyl (C=O) groups excluding carboxylic acids is 1. The highest BCUT2D eigenvalue weighted by Gasteiger charge is 2.14. The Labute approximate surface area is 93.9 Å². The quantitative estimate of drug-likeness (QED) is 0.440. The topological polar surface area (TPSA) is 94.0 Å². The zero-order valence-electron chi connectivity index (χ0n) is 9.70. The molecule has 0 aliphatic rings. The summed E-state index contributed by atoms with van der Waals surface area (Å²) in [5.74, 6) is -0.376. The zero-order chi connectivity index (χ0) is 12.3. The van der Waals surface area contributed by atoms with Gasteiger partial charge in [0, 0.05) is 12.1 Å². The SMILES string of the molecule is COC(=O)CCc1c(C)nn(C(=N)N)c1C. The van der Waals surface area contributed by atoms with Gasteiger partial charge in [0.1, 0.15) is 0 Å². The van der Waals surface area contributed by atoms with Crippen LogP contribution in [0.25, 0.3) is 0 Å². The first-order chi connectivity index (χ1) is 7.47. The molecule has 6 heteroatoms. The van der Waals surface area contributed by atoms with Gasteiger partial charge in [-0.05, 0) is 25.8 Å². The Morgan fingerprint density at radius 1 is 1.56 bits per heavy atom. The normalized spacial score (nSPS) is 10.2. The Morgan fingerprint density at radius 3 is 2.62 bits per heavy atom. The van der Waals surface area contributed by atoms with Gasteiger partial charge in [-0.25, -0.2) is 4.68 Å². The van der Waals surface area contributed by atoms with E-state index in [4.69, 9.17) is 11.1 Å². The van der Waals surface area contributed by atoms with Crippen LogP contribution in [0.15, 0.2) is 0 Å². The molecule has 0 aliphatic heterocycles. The maximum absolute atomic E-state index is 11.0. The summed E-state index contributed by atoms with van der Waals surface area (Å²) in [6.07, 6.45) is 0.861. The van der Waals surface area contributed by atoms with Gasteiger partial charge in [0.05, 0.1) is 12.8 Å². The summed E-state index contributed by atoms with van der Waals surface area (Å²) in [4.78, 5) is 11.0. The van der Waals surface area contributed by atoms with Gasteiger partial charge in [-0.15, -0.1) is 0 Å². The van der Waals surface area contributed by atoms with E-state index >= 15 is 0 Å². The molecule has 3 N–H and O–H groups in total. The number of rotatable bonds is 3. The van der Waals surface area contributed by atoms with Crippen molar-refractivity contribution < 1.29 is 9.53 Å². The lowest BCUT2D eigenvalue weighted by Crippen LogP contribution is -2.23. The van der Waals surface area contributed by atoms with Crippen molar-refractivity contribution in [3.8, 4) is 0 Å². The second-order valence-electron chi connectivity index (χ2n) is 3.52. The van der Waals surface area contributed by atoms with E-state index in [0.717, 1.165) is 17.0 Å². The smallest absolute Gasteiger partial charge is 0.305 e. The molecule has 0 aliphatic carbocycles. The standard InChI is InChI=1S/C10H16N4O2/c1-6-8(4-5-9(15)16-3)7(2)14(13-6)10(11)12/h4-5H2,1-3H3,(H3,11,12). The van der Waals surface area contributed by atoms with Crippen molar-refractivity contribution in [1.29, 1.82) is 5.41 Å². The molecule has 0 saturated heterocycles. The molecule has 0 radical (unpaired) electrons. The van der Waals surface area contributed by atoms with Gasteiger partial charge >= 0.3 is 5.97 Å². The number of carbonyl (C=O) groups is 1. The number of hydrogen-bond donors (Lipinski definition) is 2. The van der Waals surface area contributed by atoms with Crippen LogP contribution < -0.4 is 5.73 Å². The molecule has 0 atom stereocenters. The lowest BCUT2D eigenvalue weighted by atomic mass is 10.1. The van der Waals surface area contributed by atoms with Crippen LogP contribution in [0.1, 0.15) is 23.4 Å². The molecule has 6 nitrogen and oxygen atoms in total. The van der Waals surface area contributed by atoms with Crippen LogP contribution in [0.3, 0.4) is 0 Å². The first kappa shape index (κ1) is 12.2. The van der Waals surface area contributed by atoms with Gasteiger partial charge in [0.25, 0.3) is 0 Å². The van der Waals surface area contributed by atoms with E-state index in [9.17, 15) is 4.79 Å². The third-order valence-electron chi connectivity index (χ3n) is 2.48. The molecule has 0 spiro atoms. The van der Waals surface area contributed by atoms with E-state index in [1.165, 1.54) is 11.8 Å². The van der Waals surface area contributed by atoms with Crippen molar-refractivity contribution in [2.75, 3.05) is 7.11 Å². The number of nitrogens with two attached hydrogens (primary N) is 1. The molecule has 88 valence electrons. The van der Waals surface area contributed by atoms with Crippen LogP contribution in [0, 0.1) is 19.3 Å². The molecular weight excluding hydrogens is 208 g/mol. The molecule has 0 aromatic carbocycles. The van der Waals surface area contributed by atoms with Gasteiger partial charge in [0.15, 0.2) is 0 Å². The summed E-state index contributed by atoms with van der Waals surface area (Å²) in [5.41, 5.74) is 7.90. The number of nitrogen functional groups attached to an aromatic ring is 1. The number of methoxy groups -OCH3 is 1. The monoisotopic (exact) mass is 224 g/mol. The van der Waals surface area contributed by atoms with Gasteiger partial charge in [-0.2, -0.15) is 5.10 Å². The molecule has 16 heavy (non-hydrogen) atoms. The fourth-order valence-corrected chi connectivity index (χ4v) is 1.60. The van der Waals surface area contributed by atoms with E-state index in [-0.39, 0.29) is 11.9 Å². The Kier molecular flexibility index (Phi) is 3.65. The molecule has 1 aromatic heterocycles. The minimum atomic E-state index is -0.255. The third kappa shape index (κ3) is 2.39. The molecule has 0 unspecified atom stereocenters. The summed E-state index contributed by atoms with van der Waals surface area (Å²) < 4.78 is 5.94. The first-order valence-corrected chi connectivity index (χ1v) is 4.93. The Balaban J connectivity index is 2.88. The van der Waals surface area contributed by atoms with Crippen LogP contribution >= 0.6 is 0 Å². The second kappa shape index (κ2) is 4.78. The molecule has 1 rings (SSSR count). The van der Waals surface area contributed by atoms with E-state index in [1.54, 1.807) is 0 Å². The lowest BCUT2D eigenvalue weighted by molar-refractivity contribution is -0.140. The average Bonchev–Trinajstić information content (AvgIpc) is 2.51. The number of aryl methyl sites for hydroxylation is 1. The van der Waals surface area contributed by atoms with Crippen molar-refractivity contribution in [3.05, 3.63) is 17.0 Å². The number of esters is 1. The van der Waals surface area contributed by atoms with E-state index < -0.39 is 0 Å². The van der Waals surface area contributed by atoms with Crippen LogP contribution in [-0.2, 0) is 16.0 Å². The maximum Gasteiger partial charge on any atom is 0.305 e. The van der Waals surface area contributed by atoms with E-state index in [1.807, 2.05) is 13.8 Å². The van der Waals surface area contributed by atoms with Gasteiger partial charge in [0.2, 0.25) is 5.96 Å². The Bertz CT molecular complexity index is 423. The molecule has 0 saturated carbocycles. The third-order valence-corrected chi connectivity index (χ3v) is 2.48. The minimum absolute atomic E-state index is 0.120. The molecule has 0 amide bonds. The van der Waals surface area contributed by atoms with Crippen LogP contribution in [0.2, 0.25) is 0 Å². The van der Waals surface area contributed by atoms with E-state index in [2.05, 4.69) is 9.84 Å². The van der Waals surface area contributed by atoms with Crippen LogP contribution in [-0.4, -0.2) is 28.8 Å². The summed E-state index contributed by atoms with van der Waals surface area (Å²) in [6.45, 7) is 3.66. The summed E-state index contributed by atoms with van der Waals surface area (Å²) >= 11 is 0. The Morgan fingerprint density at radius 2 is 2.19 bits per heavy atom. The van der Waals surface area contributed by atoms with Crippen molar-refractivity contribution in [3.63, 3.8) is 0 Å². The van der Waals surface area contributed by atoms with Crippen molar-refractivity contribution in [2.24, 2.45) is 5.73 Å². The number of ether oxygens (including phenoxy) is 1. The molecule has 1 heterocycles. The highest BCUT2D eigenvalue weighted by Crippen LogP contribution is 2.14. The van der Waals surface area contributed by atoms with Crippen molar-refractivity contribution >= 4 is 11.9 Å². The van der Waals surface area contributed by atoms with Crippen LogP contribution in [0.4, 0.5) is 0 Å². The van der Waals surface area contributed by atoms with Gasteiger partial charge in [-0.1, -0.05) is 0 Å². The highest BCUT2D eigenvalue weighted by atomic mass is 16.5. The molecular formula is C10H16N4O2. The van der Waals surface area contributed by atoms with Crippen molar-refractivity contribution in [2.45, 2.75) is 26.7 Å².